The minimum Gasteiger partial charge on any atom is -0.367 e. The predicted octanol–water partition coefficient (Wildman–Crippen LogP) is 4.46. The van der Waals surface area contributed by atoms with Crippen LogP contribution in [0.15, 0.2) is 53.0 Å². The van der Waals surface area contributed by atoms with E-state index < -0.39 is 0 Å². The number of benzene rings is 2. The molecule has 1 aliphatic rings. The van der Waals surface area contributed by atoms with E-state index in [0.717, 1.165) is 23.2 Å². The molecule has 23 heavy (non-hydrogen) atoms. The first-order chi connectivity index (χ1) is 11.1. The van der Waals surface area contributed by atoms with Gasteiger partial charge in [0.05, 0.1) is 5.69 Å². The summed E-state index contributed by atoms with van der Waals surface area (Å²) in [7, 11) is 0. The highest BCUT2D eigenvalue weighted by Gasteiger charge is 2.22. The highest BCUT2D eigenvalue weighted by molar-refractivity contribution is 9.10. The smallest absolute Gasteiger partial charge is 0.321 e. The van der Waals surface area contributed by atoms with Crippen molar-refractivity contribution < 1.29 is 4.79 Å². The van der Waals surface area contributed by atoms with Crippen molar-refractivity contribution in [2.24, 2.45) is 0 Å². The van der Waals surface area contributed by atoms with Gasteiger partial charge in [0.2, 0.25) is 0 Å². The lowest BCUT2D eigenvalue weighted by atomic mass is 10.2. The lowest BCUT2D eigenvalue weighted by Gasteiger charge is -2.36. The molecule has 2 aromatic carbocycles. The molecular formula is C17H17BrClN3O. The standard InChI is InChI=1S/C17H17BrClN3O/c18-15-3-1-2-4-16(15)21-9-11-22(12-10-21)17(23)20-14-7-5-13(19)6-8-14/h1-8H,9-12H2,(H,20,23). The van der Waals surface area contributed by atoms with Crippen LogP contribution >= 0.6 is 27.5 Å². The van der Waals surface area contributed by atoms with Crippen LogP contribution in [0.3, 0.4) is 0 Å². The van der Waals surface area contributed by atoms with Gasteiger partial charge in [-0.1, -0.05) is 23.7 Å². The molecule has 1 fully saturated rings. The number of piperazine rings is 1. The first-order valence-corrected chi connectivity index (χ1v) is 8.61. The Bertz CT molecular complexity index is 684. The molecule has 120 valence electrons. The zero-order valence-electron chi connectivity index (χ0n) is 12.5. The molecule has 0 unspecified atom stereocenters. The minimum atomic E-state index is -0.0703. The molecule has 0 aromatic heterocycles. The van der Waals surface area contributed by atoms with Crippen LogP contribution in [0.5, 0.6) is 0 Å². The first kappa shape index (κ1) is 16.1. The van der Waals surface area contributed by atoms with Crippen LogP contribution < -0.4 is 10.2 Å². The number of para-hydroxylation sites is 1. The van der Waals surface area contributed by atoms with E-state index in [0.29, 0.717) is 18.1 Å². The number of anilines is 2. The molecule has 2 aromatic rings. The number of amides is 2. The van der Waals surface area contributed by atoms with E-state index in [2.05, 4.69) is 32.2 Å². The summed E-state index contributed by atoms with van der Waals surface area (Å²) in [5, 5.41) is 3.56. The minimum absolute atomic E-state index is 0.0703. The summed E-state index contributed by atoms with van der Waals surface area (Å²) in [4.78, 5) is 16.4. The van der Waals surface area contributed by atoms with Gasteiger partial charge in [-0.05, 0) is 52.3 Å². The third-order valence-electron chi connectivity index (χ3n) is 3.86. The Morgan fingerprint density at radius 1 is 1.00 bits per heavy atom. The summed E-state index contributed by atoms with van der Waals surface area (Å²) in [6.07, 6.45) is 0. The van der Waals surface area contributed by atoms with Crippen LogP contribution in [0.25, 0.3) is 0 Å². The summed E-state index contributed by atoms with van der Waals surface area (Å²) >= 11 is 9.43. The van der Waals surface area contributed by atoms with Gasteiger partial charge in [0.25, 0.3) is 0 Å². The Morgan fingerprint density at radius 3 is 2.30 bits per heavy atom. The van der Waals surface area contributed by atoms with Gasteiger partial charge in [0.1, 0.15) is 0 Å². The molecule has 0 bridgehead atoms. The van der Waals surface area contributed by atoms with Crippen molar-refractivity contribution in [2.45, 2.75) is 0 Å². The first-order valence-electron chi connectivity index (χ1n) is 7.44. The number of rotatable bonds is 2. The molecule has 2 amide bonds. The molecule has 1 N–H and O–H groups in total. The lowest BCUT2D eigenvalue weighted by Crippen LogP contribution is -2.50. The fraction of sp³-hybridized carbons (Fsp3) is 0.235. The van der Waals surface area contributed by atoms with Gasteiger partial charge >= 0.3 is 6.03 Å². The van der Waals surface area contributed by atoms with Gasteiger partial charge in [0, 0.05) is 41.4 Å². The Balaban J connectivity index is 1.57. The molecule has 1 saturated heterocycles. The number of nitrogens with zero attached hydrogens (tertiary/aromatic N) is 2. The Morgan fingerprint density at radius 2 is 1.65 bits per heavy atom. The van der Waals surface area contributed by atoms with Crippen LogP contribution in [-0.2, 0) is 0 Å². The van der Waals surface area contributed by atoms with Crippen molar-refractivity contribution in [1.29, 1.82) is 0 Å². The summed E-state index contributed by atoms with van der Waals surface area (Å²) in [6, 6.07) is 15.2. The van der Waals surface area contributed by atoms with Crippen LogP contribution in [0, 0.1) is 0 Å². The molecule has 0 radical (unpaired) electrons. The molecule has 0 saturated carbocycles. The van der Waals surface area contributed by atoms with Crippen molar-refractivity contribution in [3.05, 3.63) is 58.0 Å². The highest BCUT2D eigenvalue weighted by atomic mass is 79.9. The van der Waals surface area contributed by atoms with Gasteiger partial charge in [-0.25, -0.2) is 4.79 Å². The normalized spacial score (nSPS) is 14.7. The molecule has 1 heterocycles. The number of carbonyl (C=O) groups is 1. The average Bonchev–Trinajstić information content (AvgIpc) is 2.57. The maximum absolute atomic E-state index is 12.3. The van der Waals surface area contributed by atoms with Crippen molar-refractivity contribution in [1.82, 2.24) is 4.90 Å². The Labute approximate surface area is 149 Å². The number of urea groups is 1. The van der Waals surface area contributed by atoms with E-state index in [9.17, 15) is 4.79 Å². The SMILES string of the molecule is O=C(Nc1ccc(Cl)cc1)N1CCN(c2ccccc2Br)CC1. The molecule has 1 aliphatic heterocycles. The highest BCUT2D eigenvalue weighted by Crippen LogP contribution is 2.26. The molecule has 0 aliphatic carbocycles. The topological polar surface area (TPSA) is 35.6 Å². The largest absolute Gasteiger partial charge is 0.367 e. The molecule has 0 atom stereocenters. The Hall–Kier alpha value is -1.72. The summed E-state index contributed by atoms with van der Waals surface area (Å²) in [6.45, 7) is 3.02. The van der Waals surface area contributed by atoms with Crippen LogP contribution in [0.2, 0.25) is 5.02 Å². The molecule has 0 spiro atoms. The van der Waals surface area contributed by atoms with Gasteiger partial charge in [0.15, 0.2) is 0 Å². The van der Waals surface area contributed by atoms with Gasteiger partial charge in [-0.3, -0.25) is 0 Å². The number of carbonyl (C=O) groups excluding carboxylic acids is 1. The maximum atomic E-state index is 12.3. The van der Waals surface area contributed by atoms with E-state index in [-0.39, 0.29) is 6.03 Å². The number of hydrogen-bond donors (Lipinski definition) is 1. The fourth-order valence-corrected chi connectivity index (χ4v) is 3.26. The number of hydrogen-bond acceptors (Lipinski definition) is 2. The predicted molar refractivity (Wildman–Crippen MR) is 98.4 cm³/mol. The monoisotopic (exact) mass is 393 g/mol. The molecular weight excluding hydrogens is 378 g/mol. The zero-order valence-corrected chi connectivity index (χ0v) is 14.8. The average molecular weight is 395 g/mol. The second-order valence-electron chi connectivity index (χ2n) is 5.36. The lowest BCUT2D eigenvalue weighted by molar-refractivity contribution is 0.208. The molecule has 4 nitrogen and oxygen atoms in total. The van der Waals surface area contributed by atoms with Gasteiger partial charge in [-0.2, -0.15) is 0 Å². The van der Waals surface area contributed by atoms with Crippen molar-refractivity contribution in [2.75, 3.05) is 36.4 Å². The van der Waals surface area contributed by atoms with Crippen molar-refractivity contribution in [3.8, 4) is 0 Å². The summed E-state index contributed by atoms with van der Waals surface area (Å²) in [5.41, 5.74) is 1.93. The zero-order chi connectivity index (χ0) is 16.2. The van der Waals surface area contributed by atoms with E-state index in [4.69, 9.17) is 11.6 Å². The van der Waals surface area contributed by atoms with E-state index in [1.807, 2.05) is 23.1 Å². The van der Waals surface area contributed by atoms with Crippen molar-refractivity contribution >= 4 is 44.9 Å². The second kappa shape index (κ2) is 7.23. The quantitative estimate of drug-likeness (QED) is 0.816. The van der Waals surface area contributed by atoms with Crippen LogP contribution in [-0.4, -0.2) is 37.1 Å². The fourth-order valence-electron chi connectivity index (χ4n) is 2.59. The van der Waals surface area contributed by atoms with E-state index in [1.165, 1.54) is 5.69 Å². The van der Waals surface area contributed by atoms with Gasteiger partial charge < -0.3 is 15.1 Å². The van der Waals surface area contributed by atoms with E-state index in [1.54, 1.807) is 24.3 Å². The number of halogens is 2. The Kier molecular flexibility index (Phi) is 5.08. The van der Waals surface area contributed by atoms with Gasteiger partial charge in [-0.15, -0.1) is 0 Å². The van der Waals surface area contributed by atoms with Crippen LogP contribution in [0.1, 0.15) is 0 Å². The van der Waals surface area contributed by atoms with Crippen molar-refractivity contribution in [3.63, 3.8) is 0 Å². The summed E-state index contributed by atoms with van der Waals surface area (Å²) in [5.74, 6) is 0. The third kappa shape index (κ3) is 3.98. The van der Waals surface area contributed by atoms with Crippen LogP contribution in [0.4, 0.5) is 16.2 Å². The second-order valence-corrected chi connectivity index (χ2v) is 6.65. The maximum Gasteiger partial charge on any atom is 0.321 e. The molecule has 3 rings (SSSR count). The van der Waals surface area contributed by atoms with E-state index >= 15 is 0 Å². The molecule has 6 heteroatoms. The third-order valence-corrected chi connectivity index (χ3v) is 4.78. The number of nitrogens with one attached hydrogen (secondary N) is 1. The summed E-state index contributed by atoms with van der Waals surface area (Å²) < 4.78 is 1.08.